The van der Waals surface area contributed by atoms with Gasteiger partial charge in [0.15, 0.2) is 0 Å². The van der Waals surface area contributed by atoms with E-state index in [1.54, 1.807) is 17.1 Å². The van der Waals surface area contributed by atoms with Gasteiger partial charge in [0.1, 0.15) is 17.7 Å². The van der Waals surface area contributed by atoms with Crippen molar-refractivity contribution in [3.63, 3.8) is 0 Å². The Kier molecular flexibility index (Phi) is 11.6. The molecule has 0 aliphatic carbocycles. The second-order valence-corrected chi connectivity index (χ2v) is 12.4. The van der Waals surface area contributed by atoms with Crippen molar-refractivity contribution in [2.75, 3.05) is 19.7 Å². The maximum atomic E-state index is 14.5. The Morgan fingerprint density at radius 3 is 2.58 bits per heavy atom. The first-order chi connectivity index (χ1) is 21.7. The third kappa shape index (κ3) is 6.72. The summed E-state index contributed by atoms with van der Waals surface area (Å²) in [6.07, 6.45) is 5.79. The monoisotopic (exact) mass is 623 g/mol. The second kappa shape index (κ2) is 15.2. The van der Waals surface area contributed by atoms with Gasteiger partial charge in [-0.15, -0.1) is 13.2 Å². The van der Waals surface area contributed by atoms with Crippen LogP contribution in [-0.4, -0.2) is 88.1 Å². The molecule has 45 heavy (non-hydrogen) atoms. The number of hydrogen-bond donors (Lipinski definition) is 2. The molecule has 3 fully saturated rings. The van der Waals surface area contributed by atoms with Crippen LogP contribution < -0.4 is 5.32 Å². The lowest BCUT2D eigenvalue weighted by Gasteiger charge is -2.40. The summed E-state index contributed by atoms with van der Waals surface area (Å²) in [4.78, 5) is 58.6. The van der Waals surface area contributed by atoms with Crippen LogP contribution in [-0.2, 0) is 28.7 Å². The number of nitrogens with zero attached hydrogens (tertiary/aromatic N) is 2. The number of fused-ring (bicyclic) bond motifs is 1. The quantitative estimate of drug-likeness (QED) is 0.200. The summed E-state index contributed by atoms with van der Waals surface area (Å²) >= 11 is 0. The van der Waals surface area contributed by atoms with Crippen molar-refractivity contribution in [1.82, 2.24) is 15.1 Å². The van der Waals surface area contributed by atoms with Crippen LogP contribution >= 0.6 is 0 Å². The van der Waals surface area contributed by atoms with Gasteiger partial charge < -0.3 is 29.7 Å². The van der Waals surface area contributed by atoms with Crippen molar-refractivity contribution in [1.29, 1.82) is 0 Å². The Hall–Kier alpha value is -3.50. The molecule has 2 N–H and O–H groups in total. The molecule has 3 saturated heterocycles. The van der Waals surface area contributed by atoms with Gasteiger partial charge in [-0.1, -0.05) is 62.8 Å². The van der Waals surface area contributed by atoms with Crippen molar-refractivity contribution in [3.05, 3.63) is 61.2 Å². The molecule has 1 unspecified atom stereocenters. The molecule has 0 aromatic heterocycles. The number of rotatable bonds is 17. The number of allylic oxidation sites excluding steroid dienone is 1. The van der Waals surface area contributed by atoms with E-state index in [1.807, 2.05) is 44.2 Å². The molecule has 4 rings (SSSR count). The van der Waals surface area contributed by atoms with E-state index >= 15 is 0 Å². The van der Waals surface area contributed by atoms with Gasteiger partial charge in [-0.05, 0) is 44.6 Å². The number of benzene rings is 1. The number of aliphatic hydroxyl groups is 1. The lowest BCUT2D eigenvalue weighted by molar-refractivity contribution is -0.161. The highest BCUT2D eigenvalue weighted by atomic mass is 16.6. The van der Waals surface area contributed by atoms with Gasteiger partial charge in [-0.3, -0.25) is 19.2 Å². The smallest absolute Gasteiger partial charge is 0.313 e. The highest BCUT2D eigenvalue weighted by molar-refractivity contribution is 5.98. The van der Waals surface area contributed by atoms with E-state index < -0.39 is 47.7 Å². The fourth-order valence-electron chi connectivity index (χ4n) is 7.44. The predicted molar refractivity (Wildman–Crippen MR) is 170 cm³/mol. The SMILES string of the molecule is C=CCCC(=O)NC[C@H](OC(=O)[C@@H]1[C@@H]2CC[C@]3(O2)[C@H](C(=O)N(CC=C)C(C)CCC)N([C@@H](CC)CO)C(=O)[C@@H]13)c1ccccc1. The fourth-order valence-corrected chi connectivity index (χ4v) is 7.44. The number of nitrogens with one attached hydrogen (secondary N) is 1. The second-order valence-electron chi connectivity index (χ2n) is 12.4. The van der Waals surface area contributed by atoms with Gasteiger partial charge >= 0.3 is 5.97 Å². The van der Waals surface area contributed by atoms with E-state index in [4.69, 9.17) is 9.47 Å². The molecule has 3 aliphatic rings. The summed E-state index contributed by atoms with van der Waals surface area (Å²) in [7, 11) is 0. The average Bonchev–Trinajstić information content (AvgIpc) is 3.69. The number of hydrogen-bond acceptors (Lipinski definition) is 7. The first-order valence-electron chi connectivity index (χ1n) is 16.3. The van der Waals surface area contributed by atoms with Crippen molar-refractivity contribution in [2.24, 2.45) is 11.8 Å². The molecule has 3 amide bonds. The van der Waals surface area contributed by atoms with E-state index in [0.717, 1.165) is 12.8 Å². The lowest BCUT2D eigenvalue weighted by atomic mass is 9.70. The zero-order valence-corrected chi connectivity index (χ0v) is 26.9. The minimum Gasteiger partial charge on any atom is -0.455 e. The van der Waals surface area contributed by atoms with Gasteiger partial charge in [0.05, 0.1) is 37.1 Å². The first-order valence-corrected chi connectivity index (χ1v) is 16.3. The maximum absolute atomic E-state index is 14.5. The largest absolute Gasteiger partial charge is 0.455 e. The van der Waals surface area contributed by atoms with Gasteiger partial charge in [0.2, 0.25) is 17.7 Å². The molecule has 246 valence electrons. The third-order valence-electron chi connectivity index (χ3n) is 9.66. The fraction of sp³-hybridized carbons (Fsp3) is 0.600. The van der Waals surface area contributed by atoms with Crippen LogP contribution in [0.5, 0.6) is 0 Å². The van der Waals surface area contributed by atoms with Gasteiger partial charge in [0.25, 0.3) is 0 Å². The molecular weight excluding hydrogens is 574 g/mol. The molecule has 3 aliphatic heterocycles. The summed E-state index contributed by atoms with van der Waals surface area (Å²) in [6.45, 7) is 13.5. The number of carbonyl (C=O) groups is 4. The molecule has 1 aromatic carbocycles. The molecule has 3 heterocycles. The van der Waals surface area contributed by atoms with Crippen LogP contribution in [0.2, 0.25) is 0 Å². The highest BCUT2D eigenvalue weighted by Crippen LogP contribution is 2.59. The molecule has 8 atom stereocenters. The Morgan fingerprint density at radius 2 is 1.96 bits per heavy atom. The predicted octanol–water partition coefficient (Wildman–Crippen LogP) is 3.70. The molecular formula is C35H49N3O7. The zero-order valence-electron chi connectivity index (χ0n) is 26.9. The van der Waals surface area contributed by atoms with Crippen molar-refractivity contribution in [3.8, 4) is 0 Å². The third-order valence-corrected chi connectivity index (χ3v) is 9.66. The topological polar surface area (TPSA) is 125 Å². The number of esters is 1. The molecule has 1 spiro atoms. The average molecular weight is 624 g/mol. The Labute approximate surface area is 266 Å². The molecule has 0 saturated carbocycles. The van der Waals surface area contributed by atoms with Gasteiger partial charge in [-0.25, -0.2) is 0 Å². The van der Waals surface area contributed by atoms with Crippen molar-refractivity contribution >= 4 is 23.7 Å². The van der Waals surface area contributed by atoms with E-state index in [2.05, 4.69) is 25.4 Å². The Balaban J connectivity index is 1.66. The van der Waals surface area contributed by atoms with E-state index in [1.165, 1.54) is 4.90 Å². The highest BCUT2D eigenvalue weighted by Gasteiger charge is 2.75. The normalized spacial score (nSPS) is 26.9. The molecule has 0 radical (unpaired) electrons. The minimum absolute atomic E-state index is 0.0647. The number of aliphatic hydroxyl groups excluding tert-OH is 1. The zero-order chi connectivity index (χ0) is 32.7. The van der Waals surface area contributed by atoms with Crippen LogP contribution in [0.25, 0.3) is 0 Å². The summed E-state index contributed by atoms with van der Waals surface area (Å²) in [5.41, 5.74) is -0.505. The van der Waals surface area contributed by atoms with Crippen molar-refractivity contribution < 1.29 is 33.8 Å². The van der Waals surface area contributed by atoms with E-state index in [0.29, 0.717) is 37.8 Å². The van der Waals surface area contributed by atoms with Crippen LogP contribution in [0.4, 0.5) is 0 Å². The first kappa shape index (κ1) is 34.4. The summed E-state index contributed by atoms with van der Waals surface area (Å²) in [6, 6.07) is 7.45. The Morgan fingerprint density at radius 1 is 1.22 bits per heavy atom. The molecule has 1 aromatic rings. The van der Waals surface area contributed by atoms with E-state index in [9.17, 15) is 24.3 Å². The summed E-state index contributed by atoms with van der Waals surface area (Å²) in [5.74, 6) is -3.25. The summed E-state index contributed by atoms with van der Waals surface area (Å²) in [5, 5.41) is 13.2. The molecule has 10 heteroatoms. The number of likely N-dealkylation sites (tertiary alicyclic amines) is 1. The number of ether oxygens (including phenoxy) is 2. The van der Waals surface area contributed by atoms with Gasteiger partial charge in [-0.2, -0.15) is 0 Å². The van der Waals surface area contributed by atoms with Crippen LogP contribution in [0.3, 0.4) is 0 Å². The molecule has 10 nitrogen and oxygen atoms in total. The standard InChI is InChI=1S/C35H49N3O7/c1-6-10-17-28(40)36-21-27(24-15-12-11-13-16-24)44-34(43)29-26-18-19-35(45-26)30(29)32(41)38(25(9-4)22-39)31(35)33(42)37(20-8-3)23(5)14-7-2/h6,8,11-13,15-16,23,25-27,29-31,39H,1,3,7,9-10,14,17-22H2,2,4-5H3,(H,36,40)/t23?,25-,26-,27-,29+,30+,31-,35+/m0/s1. The number of amides is 3. The summed E-state index contributed by atoms with van der Waals surface area (Å²) < 4.78 is 12.7. The van der Waals surface area contributed by atoms with Crippen LogP contribution in [0, 0.1) is 11.8 Å². The Bertz CT molecular complexity index is 1230. The van der Waals surface area contributed by atoms with Crippen molar-refractivity contribution in [2.45, 2.75) is 102 Å². The van der Waals surface area contributed by atoms with Gasteiger partial charge in [0, 0.05) is 19.0 Å². The minimum atomic E-state index is -1.21. The number of carbonyl (C=O) groups excluding carboxylic acids is 4. The lowest BCUT2D eigenvalue weighted by Crippen LogP contribution is -2.60. The van der Waals surface area contributed by atoms with E-state index in [-0.39, 0.29) is 43.3 Å². The molecule has 2 bridgehead atoms. The van der Waals surface area contributed by atoms with Crippen LogP contribution in [0.15, 0.2) is 55.6 Å². The van der Waals surface area contributed by atoms with Crippen LogP contribution in [0.1, 0.15) is 77.4 Å². The maximum Gasteiger partial charge on any atom is 0.313 e.